The van der Waals surface area contributed by atoms with Gasteiger partial charge in [-0.3, -0.25) is 4.79 Å². The summed E-state index contributed by atoms with van der Waals surface area (Å²) in [6, 6.07) is 3.69. The summed E-state index contributed by atoms with van der Waals surface area (Å²) in [5, 5.41) is 10.9. The molecule has 1 aromatic rings. The molecular formula is C14H15F2NO4. The van der Waals surface area contributed by atoms with E-state index in [9.17, 15) is 18.4 Å². The number of ether oxygens (including phenoxy) is 1. The lowest BCUT2D eigenvalue weighted by Gasteiger charge is -2.14. The molecule has 2 rings (SSSR count). The number of hydrogen-bond donors (Lipinski definition) is 2. The number of carboxylic acid groups (broad SMARTS) is 1. The van der Waals surface area contributed by atoms with Crippen LogP contribution in [0.4, 0.5) is 8.78 Å². The average Bonchev–Trinajstić information content (AvgIpc) is 2.84. The van der Waals surface area contributed by atoms with E-state index in [0.29, 0.717) is 12.2 Å². The predicted molar refractivity (Wildman–Crippen MR) is 69.5 cm³/mol. The van der Waals surface area contributed by atoms with E-state index in [0.717, 1.165) is 17.7 Å². The number of hydrogen-bond acceptors (Lipinski definition) is 3. The Morgan fingerprint density at radius 2 is 2.14 bits per heavy atom. The van der Waals surface area contributed by atoms with Crippen molar-refractivity contribution in [1.82, 2.24) is 5.32 Å². The Morgan fingerprint density at radius 1 is 1.38 bits per heavy atom. The molecule has 5 nitrogen and oxygen atoms in total. The molecule has 1 aliphatic heterocycles. The predicted octanol–water partition coefficient (Wildman–Crippen LogP) is 1.39. The van der Waals surface area contributed by atoms with Crippen LogP contribution >= 0.6 is 0 Å². The topological polar surface area (TPSA) is 75.6 Å². The third kappa shape index (κ3) is 4.14. The molecule has 0 saturated heterocycles. The van der Waals surface area contributed by atoms with Crippen molar-refractivity contribution in [3.63, 3.8) is 0 Å². The Balaban J connectivity index is 1.96. The maximum Gasteiger partial charge on any atom is 0.326 e. The quantitative estimate of drug-likeness (QED) is 0.832. The highest BCUT2D eigenvalue weighted by molar-refractivity contribution is 5.84. The van der Waals surface area contributed by atoms with Crippen molar-refractivity contribution in [3.8, 4) is 5.75 Å². The molecule has 1 unspecified atom stereocenters. The van der Waals surface area contributed by atoms with Crippen molar-refractivity contribution in [1.29, 1.82) is 0 Å². The second kappa shape index (κ2) is 6.51. The van der Waals surface area contributed by atoms with Gasteiger partial charge in [0.05, 0.1) is 13.0 Å². The first-order chi connectivity index (χ1) is 9.95. The highest BCUT2D eigenvalue weighted by Crippen LogP contribution is 2.25. The van der Waals surface area contributed by atoms with Gasteiger partial charge < -0.3 is 15.2 Å². The fourth-order valence-electron chi connectivity index (χ4n) is 2.18. The molecule has 2 N–H and O–H groups in total. The molecule has 1 aliphatic rings. The number of alkyl halides is 2. The van der Waals surface area contributed by atoms with Gasteiger partial charge in [-0.15, -0.1) is 0 Å². The van der Waals surface area contributed by atoms with Gasteiger partial charge in [0.15, 0.2) is 0 Å². The molecule has 0 bridgehead atoms. The second-order valence-corrected chi connectivity index (χ2v) is 4.80. The lowest BCUT2D eigenvalue weighted by atomic mass is 10.1. The van der Waals surface area contributed by atoms with E-state index in [2.05, 4.69) is 5.32 Å². The molecule has 0 aliphatic carbocycles. The fourth-order valence-corrected chi connectivity index (χ4v) is 2.18. The van der Waals surface area contributed by atoms with E-state index in [4.69, 9.17) is 9.84 Å². The Morgan fingerprint density at radius 3 is 2.81 bits per heavy atom. The minimum Gasteiger partial charge on any atom is -0.493 e. The second-order valence-electron chi connectivity index (χ2n) is 4.80. The number of amides is 1. The van der Waals surface area contributed by atoms with Gasteiger partial charge in [-0.1, -0.05) is 12.1 Å². The molecular weight excluding hydrogens is 284 g/mol. The lowest BCUT2D eigenvalue weighted by molar-refractivity contribution is -0.142. The summed E-state index contributed by atoms with van der Waals surface area (Å²) in [4.78, 5) is 22.6. The largest absolute Gasteiger partial charge is 0.493 e. The lowest BCUT2D eigenvalue weighted by Crippen LogP contribution is -2.42. The van der Waals surface area contributed by atoms with Gasteiger partial charge in [0.1, 0.15) is 11.8 Å². The molecule has 114 valence electrons. The smallest absolute Gasteiger partial charge is 0.326 e. The van der Waals surface area contributed by atoms with Crippen LogP contribution in [0, 0.1) is 0 Å². The van der Waals surface area contributed by atoms with Gasteiger partial charge in [-0.05, 0) is 17.2 Å². The Hall–Kier alpha value is -2.18. The number of carbonyl (C=O) groups excluding carboxylic acids is 1. The van der Waals surface area contributed by atoms with Crippen LogP contribution in [0.5, 0.6) is 5.75 Å². The number of nitrogens with one attached hydrogen (secondary N) is 1. The summed E-state index contributed by atoms with van der Waals surface area (Å²) in [6.07, 6.45) is -2.99. The van der Waals surface area contributed by atoms with E-state index < -0.39 is 30.8 Å². The summed E-state index contributed by atoms with van der Waals surface area (Å²) in [5.74, 6) is -1.28. The van der Waals surface area contributed by atoms with E-state index in [1.807, 2.05) is 6.07 Å². The number of benzene rings is 1. The maximum atomic E-state index is 12.2. The molecule has 0 saturated carbocycles. The summed E-state index contributed by atoms with van der Waals surface area (Å²) in [6.45, 7) is 0.598. The van der Waals surface area contributed by atoms with Crippen molar-refractivity contribution in [2.75, 3.05) is 6.61 Å². The van der Waals surface area contributed by atoms with Gasteiger partial charge in [0.2, 0.25) is 12.3 Å². The number of carbonyl (C=O) groups is 2. The zero-order chi connectivity index (χ0) is 15.4. The Labute approximate surface area is 119 Å². The summed E-state index contributed by atoms with van der Waals surface area (Å²) in [7, 11) is 0. The van der Waals surface area contributed by atoms with Gasteiger partial charge in [-0.25, -0.2) is 13.6 Å². The fraction of sp³-hybridized carbons (Fsp3) is 0.429. The monoisotopic (exact) mass is 299 g/mol. The molecule has 7 heteroatoms. The maximum absolute atomic E-state index is 12.2. The van der Waals surface area contributed by atoms with Crippen LogP contribution < -0.4 is 10.1 Å². The van der Waals surface area contributed by atoms with Crippen LogP contribution in [-0.2, 0) is 22.4 Å². The number of fused-ring (bicyclic) bond motifs is 1. The SMILES string of the molecule is O=C(Cc1ccc2c(c1)CCO2)NC(CC(F)F)C(=O)O. The molecule has 1 atom stereocenters. The number of rotatable bonds is 6. The zero-order valence-corrected chi connectivity index (χ0v) is 11.1. The molecule has 0 aromatic heterocycles. The van der Waals surface area contributed by atoms with E-state index in [1.165, 1.54) is 0 Å². The van der Waals surface area contributed by atoms with Crippen LogP contribution in [0.15, 0.2) is 18.2 Å². The van der Waals surface area contributed by atoms with Crippen molar-refractivity contribution in [2.24, 2.45) is 0 Å². The van der Waals surface area contributed by atoms with Crippen molar-refractivity contribution in [3.05, 3.63) is 29.3 Å². The molecule has 1 heterocycles. The van der Waals surface area contributed by atoms with Gasteiger partial charge in [0.25, 0.3) is 0 Å². The van der Waals surface area contributed by atoms with Crippen molar-refractivity contribution >= 4 is 11.9 Å². The molecule has 0 radical (unpaired) electrons. The number of carboxylic acids is 1. The molecule has 1 amide bonds. The van der Waals surface area contributed by atoms with Crippen molar-refractivity contribution < 1.29 is 28.2 Å². The van der Waals surface area contributed by atoms with Crippen LogP contribution in [0.3, 0.4) is 0 Å². The number of aliphatic carboxylic acids is 1. The van der Waals surface area contributed by atoms with Gasteiger partial charge in [-0.2, -0.15) is 0 Å². The Kier molecular flexibility index (Phi) is 4.72. The van der Waals surface area contributed by atoms with Crippen LogP contribution in [-0.4, -0.2) is 36.1 Å². The molecule has 0 fully saturated rings. The van der Waals surface area contributed by atoms with Crippen LogP contribution in [0.2, 0.25) is 0 Å². The van der Waals surface area contributed by atoms with E-state index in [-0.39, 0.29) is 6.42 Å². The first kappa shape index (κ1) is 15.2. The summed E-state index contributed by atoms with van der Waals surface area (Å²) >= 11 is 0. The number of halogens is 2. The van der Waals surface area contributed by atoms with Gasteiger partial charge in [0, 0.05) is 12.8 Å². The standard InChI is InChI=1S/C14H15F2NO4/c15-12(16)7-10(14(19)20)17-13(18)6-8-1-2-11-9(5-8)3-4-21-11/h1-2,5,10,12H,3-4,6-7H2,(H,17,18)(H,19,20). The highest BCUT2D eigenvalue weighted by Gasteiger charge is 2.24. The molecule has 1 aromatic carbocycles. The minimum atomic E-state index is -2.79. The Bertz CT molecular complexity index is 548. The zero-order valence-electron chi connectivity index (χ0n) is 11.1. The van der Waals surface area contributed by atoms with Crippen LogP contribution in [0.25, 0.3) is 0 Å². The third-order valence-electron chi connectivity index (χ3n) is 3.17. The van der Waals surface area contributed by atoms with E-state index >= 15 is 0 Å². The molecule has 0 spiro atoms. The van der Waals surface area contributed by atoms with Crippen LogP contribution in [0.1, 0.15) is 17.5 Å². The minimum absolute atomic E-state index is 0.0553. The normalized spacial score (nSPS) is 14.4. The summed E-state index contributed by atoms with van der Waals surface area (Å²) in [5.41, 5.74) is 1.68. The molecule has 21 heavy (non-hydrogen) atoms. The van der Waals surface area contributed by atoms with Crippen molar-refractivity contribution in [2.45, 2.75) is 31.7 Å². The average molecular weight is 299 g/mol. The first-order valence-electron chi connectivity index (χ1n) is 6.50. The van der Waals surface area contributed by atoms with E-state index in [1.54, 1.807) is 12.1 Å². The highest BCUT2D eigenvalue weighted by atomic mass is 19.3. The summed E-state index contributed by atoms with van der Waals surface area (Å²) < 4.78 is 29.8. The van der Waals surface area contributed by atoms with Gasteiger partial charge >= 0.3 is 5.97 Å². The third-order valence-corrected chi connectivity index (χ3v) is 3.17. The first-order valence-corrected chi connectivity index (χ1v) is 6.50.